The second-order valence-corrected chi connectivity index (χ2v) is 2.59. The number of hydrogen-bond donors (Lipinski definition) is 1. The van der Waals surface area contributed by atoms with Crippen molar-refractivity contribution in [3.05, 3.63) is 24.0 Å². The summed E-state index contributed by atoms with van der Waals surface area (Å²) in [4.78, 5) is 16.1. The van der Waals surface area contributed by atoms with Crippen LogP contribution in [-0.2, 0) is 0 Å². The molecule has 0 fully saturated rings. The van der Waals surface area contributed by atoms with E-state index < -0.39 is 5.97 Å². The van der Waals surface area contributed by atoms with Crippen molar-refractivity contribution in [1.82, 2.24) is 4.98 Å². The van der Waals surface area contributed by atoms with E-state index in [9.17, 15) is 4.79 Å². The summed E-state index contributed by atoms with van der Waals surface area (Å²) >= 11 is 0. The molecule has 1 rings (SSSR count). The van der Waals surface area contributed by atoms with Crippen molar-refractivity contribution < 1.29 is 9.90 Å². The number of pyridine rings is 1. The number of carboxylic acids is 1. The summed E-state index contributed by atoms with van der Waals surface area (Å²) in [7, 11) is 3.59. The van der Waals surface area contributed by atoms with Gasteiger partial charge in [0.05, 0.1) is 5.69 Å². The molecule has 4 heteroatoms. The molecule has 0 bridgehead atoms. The van der Waals surface area contributed by atoms with E-state index in [1.807, 2.05) is 0 Å². The van der Waals surface area contributed by atoms with Gasteiger partial charge in [0, 0.05) is 26.5 Å². The Balaban J connectivity index is 3.17. The molecule has 1 heterocycles. The predicted molar refractivity (Wildman–Crippen MR) is 45.5 cm³/mol. The zero-order valence-corrected chi connectivity index (χ0v) is 6.98. The highest BCUT2D eigenvalue weighted by molar-refractivity contribution is 5.93. The monoisotopic (exact) mass is 166 g/mol. The molecule has 1 N–H and O–H groups in total. The van der Waals surface area contributed by atoms with Crippen LogP contribution in [0.4, 0.5) is 5.69 Å². The Morgan fingerprint density at radius 2 is 2.25 bits per heavy atom. The van der Waals surface area contributed by atoms with Gasteiger partial charge in [0.1, 0.15) is 5.56 Å². The molecule has 0 spiro atoms. The maximum Gasteiger partial charge on any atom is 0.339 e. The van der Waals surface area contributed by atoms with E-state index in [1.165, 1.54) is 6.20 Å². The molecule has 0 amide bonds. The van der Waals surface area contributed by atoms with E-state index >= 15 is 0 Å². The normalized spacial score (nSPS) is 9.50. The van der Waals surface area contributed by atoms with Gasteiger partial charge in [-0.2, -0.15) is 0 Å². The minimum absolute atomic E-state index is 0.225. The maximum atomic E-state index is 10.7. The molecule has 0 aromatic carbocycles. The molecule has 0 atom stereocenters. The number of hydrogen-bond acceptors (Lipinski definition) is 3. The Kier molecular flexibility index (Phi) is 2.28. The van der Waals surface area contributed by atoms with Crippen LogP contribution in [0, 0.1) is 0 Å². The molecule has 1 aromatic rings. The summed E-state index contributed by atoms with van der Waals surface area (Å²) in [6.45, 7) is 0. The van der Waals surface area contributed by atoms with Gasteiger partial charge in [-0.25, -0.2) is 4.79 Å². The van der Waals surface area contributed by atoms with Crippen molar-refractivity contribution in [1.29, 1.82) is 0 Å². The lowest BCUT2D eigenvalue weighted by Crippen LogP contribution is -2.13. The molecule has 0 unspecified atom stereocenters. The molecule has 12 heavy (non-hydrogen) atoms. The van der Waals surface area contributed by atoms with Crippen molar-refractivity contribution in [3.8, 4) is 0 Å². The molecule has 0 saturated heterocycles. The summed E-state index contributed by atoms with van der Waals surface area (Å²) in [5.74, 6) is -0.952. The number of carbonyl (C=O) groups is 1. The molecule has 0 aliphatic rings. The van der Waals surface area contributed by atoms with E-state index in [0.29, 0.717) is 5.69 Å². The number of aromatic nitrogens is 1. The first kappa shape index (κ1) is 8.52. The van der Waals surface area contributed by atoms with Gasteiger partial charge < -0.3 is 10.0 Å². The van der Waals surface area contributed by atoms with Crippen LogP contribution in [-0.4, -0.2) is 30.2 Å². The van der Waals surface area contributed by atoms with Crippen LogP contribution in [0.15, 0.2) is 18.5 Å². The molecule has 64 valence electrons. The molecule has 0 aliphatic carbocycles. The fourth-order valence-electron chi connectivity index (χ4n) is 0.942. The molecule has 4 nitrogen and oxygen atoms in total. The highest BCUT2D eigenvalue weighted by Gasteiger charge is 2.10. The lowest BCUT2D eigenvalue weighted by molar-refractivity contribution is 0.0697. The Labute approximate surface area is 70.5 Å². The van der Waals surface area contributed by atoms with Crippen LogP contribution in [0.2, 0.25) is 0 Å². The Morgan fingerprint density at radius 1 is 1.58 bits per heavy atom. The van der Waals surface area contributed by atoms with Crippen molar-refractivity contribution in [2.24, 2.45) is 0 Å². The third kappa shape index (κ3) is 1.53. The van der Waals surface area contributed by atoms with Gasteiger partial charge in [0.2, 0.25) is 0 Å². The number of aromatic carboxylic acids is 1. The highest BCUT2D eigenvalue weighted by Crippen LogP contribution is 2.15. The molecular weight excluding hydrogens is 156 g/mol. The third-order valence-electron chi connectivity index (χ3n) is 1.51. The number of rotatable bonds is 2. The van der Waals surface area contributed by atoms with Crippen LogP contribution in [0.5, 0.6) is 0 Å². The van der Waals surface area contributed by atoms with Gasteiger partial charge in [-0.1, -0.05) is 0 Å². The van der Waals surface area contributed by atoms with Crippen LogP contribution >= 0.6 is 0 Å². The number of anilines is 1. The van der Waals surface area contributed by atoms with Crippen LogP contribution in [0.3, 0.4) is 0 Å². The van der Waals surface area contributed by atoms with E-state index in [0.717, 1.165) is 0 Å². The summed E-state index contributed by atoms with van der Waals surface area (Å²) in [5.41, 5.74) is 0.889. The van der Waals surface area contributed by atoms with Gasteiger partial charge in [-0.3, -0.25) is 4.98 Å². The van der Waals surface area contributed by atoms with Crippen molar-refractivity contribution in [2.45, 2.75) is 0 Å². The SMILES string of the molecule is CN(C)c1ccncc1C(=O)O. The quantitative estimate of drug-likeness (QED) is 0.707. The van der Waals surface area contributed by atoms with Gasteiger partial charge in [0.15, 0.2) is 0 Å². The van der Waals surface area contributed by atoms with E-state index in [2.05, 4.69) is 4.98 Å². The number of nitrogens with zero attached hydrogens (tertiary/aromatic N) is 2. The van der Waals surface area contributed by atoms with Gasteiger partial charge >= 0.3 is 5.97 Å². The predicted octanol–water partition coefficient (Wildman–Crippen LogP) is 0.846. The largest absolute Gasteiger partial charge is 0.478 e. The van der Waals surface area contributed by atoms with Crippen molar-refractivity contribution in [2.75, 3.05) is 19.0 Å². The summed E-state index contributed by atoms with van der Waals surface area (Å²) in [6.07, 6.45) is 2.92. The topological polar surface area (TPSA) is 53.4 Å². The molecule has 0 saturated carbocycles. The van der Waals surface area contributed by atoms with Crippen LogP contribution in [0.25, 0.3) is 0 Å². The Morgan fingerprint density at radius 3 is 2.67 bits per heavy atom. The van der Waals surface area contributed by atoms with E-state index in [4.69, 9.17) is 5.11 Å². The van der Waals surface area contributed by atoms with Gasteiger partial charge in [-0.05, 0) is 6.07 Å². The zero-order chi connectivity index (χ0) is 9.14. The van der Waals surface area contributed by atoms with Crippen LogP contribution in [0.1, 0.15) is 10.4 Å². The van der Waals surface area contributed by atoms with E-state index in [1.54, 1.807) is 31.3 Å². The Hall–Kier alpha value is -1.58. The average Bonchev–Trinajstić information content (AvgIpc) is 2.04. The fourth-order valence-corrected chi connectivity index (χ4v) is 0.942. The standard InChI is InChI=1S/C8H10N2O2/c1-10(2)7-3-4-9-5-6(7)8(11)12/h3-5H,1-2H3,(H,11,12). The van der Waals surface area contributed by atoms with E-state index in [-0.39, 0.29) is 5.56 Å². The van der Waals surface area contributed by atoms with Crippen molar-refractivity contribution in [3.63, 3.8) is 0 Å². The lowest BCUT2D eigenvalue weighted by Gasteiger charge is -2.13. The van der Waals surface area contributed by atoms with Crippen molar-refractivity contribution >= 4 is 11.7 Å². The second-order valence-electron chi connectivity index (χ2n) is 2.59. The van der Waals surface area contributed by atoms with Crippen LogP contribution < -0.4 is 4.90 Å². The first-order valence-electron chi connectivity index (χ1n) is 3.47. The van der Waals surface area contributed by atoms with Gasteiger partial charge in [0.25, 0.3) is 0 Å². The zero-order valence-electron chi connectivity index (χ0n) is 6.98. The molecule has 0 aliphatic heterocycles. The molecule has 1 aromatic heterocycles. The van der Waals surface area contributed by atoms with Gasteiger partial charge in [-0.15, -0.1) is 0 Å². The smallest absolute Gasteiger partial charge is 0.339 e. The minimum Gasteiger partial charge on any atom is -0.478 e. The third-order valence-corrected chi connectivity index (χ3v) is 1.51. The average molecular weight is 166 g/mol. The lowest BCUT2D eigenvalue weighted by atomic mass is 10.2. The summed E-state index contributed by atoms with van der Waals surface area (Å²) < 4.78 is 0. The highest BCUT2D eigenvalue weighted by atomic mass is 16.4. The first-order chi connectivity index (χ1) is 5.63. The Bertz CT molecular complexity index is 297. The summed E-state index contributed by atoms with van der Waals surface area (Å²) in [6, 6.07) is 1.67. The molecule has 0 radical (unpaired) electrons. The minimum atomic E-state index is -0.952. The molecular formula is C8H10N2O2. The second kappa shape index (κ2) is 3.21. The summed E-state index contributed by atoms with van der Waals surface area (Å²) in [5, 5.41) is 8.75. The maximum absolute atomic E-state index is 10.7. The first-order valence-corrected chi connectivity index (χ1v) is 3.47. The number of carboxylic acid groups (broad SMARTS) is 1. The fraction of sp³-hybridized carbons (Fsp3) is 0.250.